The topological polar surface area (TPSA) is 81.4 Å². The summed E-state index contributed by atoms with van der Waals surface area (Å²) >= 11 is 0. The van der Waals surface area contributed by atoms with Crippen LogP contribution in [-0.4, -0.2) is 23.6 Å². The number of hydrogen-bond donors (Lipinski definition) is 2. The summed E-state index contributed by atoms with van der Waals surface area (Å²) in [6.45, 7) is 5.69. The molecule has 0 spiro atoms. The molecule has 0 saturated heterocycles. The maximum atomic E-state index is 12.3. The molecular formula is C20H36N2O3. The first-order valence-electron chi connectivity index (χ1n) is 10.1. The third-order valence-corrected chi connectivity index (χ3v) is 5.73. The minimum atomic E-state index is -0.812. The minimum Gasteiger partial charge on any atom is -0.436 e. The molecule has 144 valence electrons. The SMILES string of the molecule is CC(C)(C)NC(=O)O[C@H](C(N)=O)C(C1CCCCC1)C1CCCCC1. The second-order valence-electron chi connectivity index (χ2n) is 8.98. The van der Waals surface area contributed by atoms with E-state index in [1.807, 2.05) is 20.8 Å². The number of nitrogens with two attached hydrogens (primary N) is 1. The normalized spacial score (nSPS) is 21.8. The Morgan fingerprint density at radius 1 is 0.920 bits per heavy atom. The molecule has 0 heterocycles. The van der Waals surface area contributed by atoms with Crippen molar-refractivity contribution in [1.82, 2.24) is 5.32 Å². The summed E-state index contributed by atoms with van der Waals surface area (Å²) in [7, 11) is 0. The summed E-state index contributed by atoms with van der Waals surface area (Å²) in [5.41, 5.74) is 5.32. The molecule has 2 aliphatic carbocycles. The van der Waals surface area contributed by atoms with Gasteiger partial charge in [-0.3, -0.25) is 4.79 Å². The van der Waals surface area contributed by atoms with E-state index in [1.165, 1.54) is 38.5 Å². The predicted molar refractivity (Wildman–Crippen MR) is 99.0 cm³/mol. The third-order valence-electron chi connectivity index (χ3n) is 5.73. The maximum Gasteiger partial charge on any atom is 0.408 e. The van der Waals surface area contributed by atoms with Crippen molar-refractivity contribution in [3.05, 3.63) is 0 Å². The number of rotatable bonds is 5. The van der Waals surface area contributed by atoms with E-state index in [0.29, 0.717) is 11.8 Å². The Morgan fingerprint density at radius 3 is 1.72 bits per heavy atom. The van der Waals surface area contributed by atoms with Gasteiger partial charge in [0.15, 0.2) is 6.10 Å². The Balaban J connectivity index is 2.16. The van der Waals surface area contributed by atoms with E-state index in [2.05, 4.69) is 5.32 Å². The lowest BCUT2D eigenvalue weighted by Gasteiger charge is -2.40. The van der Waals surface area contributed by atoms with Crippen molar-refractivity contribution in [3.8, 4) is 0 Å². The van der Waals surface area contributed by atoms with Crippen LogP contribution in [0.5, 0.6) is 0 Å². The summed E-state index contributed by atoms with van der Waals surface area (Å²) in [6, 6.07) is 0. The Bertz CT molecular complexity index is 428. The maximum absolute atomic E-state index is 12.3. The van der Waals surface area contributed by atoms with Crippen molar-refractivity contribution in [2.75, 3.05) is 0 Å². The summed E-state index contributed by atoms with van der Waals surface area (Å²) in [4.78, 5) is 24.5. The molecular weight excluding hydrogens is 316 g/mol. The fourth-order valence-electron chi connectivity index (χ4n) is 4.69. The molecule has 3 N–H and O–H groups in total. The number of ether oxygens (including phenoxy) is 1. The van der Waals surface area contributed by atoms with Gasteiger partial charge in [0.1, 0.15) is 0 Å². The van der Waals surface area contributed by atoms with Crippen LogP contribution >= 0.6 is 0 Å². The monoisotopic (exact) mass is 352 g/mol. The fourth-order valence-corrected chi connectivity index (χ4v) is 4.69. The molecule has 5 nitrogen and oxygen atoms in total. The van der Waals surface area contributed by atoms with Crippen LogP contribution in [0.1, 0.15) is 85.0 Å². The van der Waals surface area contributed by atoms with E-state index in [9.17, 15) is 9.59 Å². The highest BCUT2D eigenvalue weighted by molar-refractivity contribution is 5.82. The number of carbonyl (C=O) groups excluding carboxylic acids is 2. The second-order valence-corrected chi connectivity index (χ2v) is 8.98. The van der Waals surface area contributed by atoms with Crippen LogP contribution in [-0.2, 0) is 9.53 Å². The third kappa shape index (κ3) is 6.19. The van der Waals surface area contributed by atoms with E-state index in [0.717, 1.165) is 25.7 Å². The summed E-state index contributed by atoms with van der Waals surface area (Å²) in [6.07, 6.45) is 10.5. The number of alkyl carbamates (subject to hydrolysis) is 1. The van der Waals surface area contributed by atoms with E-state index < -0.39 is 23.6 Å². The molecule has 0 radical (unpaired) electrons. The highest BCUT2D eigenvalue weighted by Gasteiger charge is 2.41. The van der Waals surface area contributed by atoms with Crippen molar-refractivity contribution < 1.29 is 14.3 Å². The molecule has 2 fully saturated rings. The molecule has 2 aliphatic rings. The van der Waals surface area contributed by atoms with Gasteiger partial charge >= 0.3 is 6.09 Å². The highest BCUT2D eigenvalue weighted by atomic mass is 16.6. The lowest BCUT2D eigenvalue weighted by atomic mass is 9.67. The lowest BCUT2D eigenvalue weighted by Crippen LogP contribution is -2.50. The van der Waals surface area contributed by atoms with Gasteiger partial charge in [0, 0.05) is 11.5 Å². The number of nitrogens with one attached hydrogen (secondary N) is 1. The van der Waals surface area contributed by atoms with Crippen molar-refractivity contribution in [2.24, 2.45) is 23.5 Å². The zero-order chi connectivity index (χ0) is 18.4. The van der Waals surface area contributed by atoms with Gasteiger partial charge in [0.2, 0.25) is 0 Å². The molecule has 0 bridgehead atoms. The summed E-state index contributed by atoms with van der Waals surface area (Å²) < 4.78 is 5.63. The number of hydrogen-bond acceptors (Lipinski definition) is 3. The van der Waals surface area contributed by atoms with Gasteiger partial charge in [-0.15, -0.1) is 0 Å². The molecule has 25 heavy (non-hydrogen) atoms. The zero-order valence-corrected chi connectivity index (χ0v) is 16.2. The van der Waals surface area contributed by atoms with Gasteiger partial charge in [-0.1, -0.05) is 64.2 Å². The molecule has 2 saturated carbocycles. The molecule has 0 aliphatic heterocycles. The van der Waals surface area contributed by atoms with E-state index >= 15 is 0 Å². The standard InChI is InChI=1S/C20H36N2O3/c1-20(2,3)22-19(24)25-17(18(21)23)16(14-10-6-4-7-11-14)15-12-8-5-9-13-15/h14-17H,4-13H2,1-3H3,(H2,21,23)(H,22,24)/t17-/m0/s1. The Hall–Kier alpha value is -1.26. The summed E-state index contributed by atoms with van der Waals surface area (Å²) in [5, 5.41) is 2.80. The predicted octanol–water partition coefficient (Wildman–Crippen LogP) is 4.14. The molecule has 0 aromatic heterocycles. The van der Waals surface area contributed by atoms with Crippen LogP contribution in [0, 0.1) is 17.8 Å². The van der Waals surface area contributed by atoms with Gasteiger partial charge in [-0.25, -0.2) is 4.79 Å². The van der Waals surface area contributed by atoms with Crippen LogP contribution in [0.3, 0.4) is 0 Å². The molecule has 2 amide bonds. The first-order valence-corrected chi connectivity index (χ1v) is 10.1. The average Bonchev–Trinajstić information content (AvgIpc) is 2.54. The van der Waals surface area contributed by atoms with E-state index in [1.54, 1.807) is 0 Å². The largest absolute Gasteiger partial charge is 0.436 e. The fraction of sp³-hybridized carbons (Fsp3) is 0.900. The van der Waals surface area contributed by atoms with Crippen LogP contribution in [0.15, 0.2) is 0 Å². The Morgan fingerprint density at radius 2 is 1.36 bits per heavy atom. The zero-order valence-electron chi connectivity index (χ0n) is 16.2. The number of carbonyl (C=O) groups is 2. The second kappa shape index (κ2) is 8.91. The molecule has 0 unspecified atom stereocenters. The first-order chi connectivity index (χ1) is 11.8. The van der Waals surface area contributed by atoms with Crippen LogP contribution in [0.2, 0.25) is 0 Å². The highest BCUT2D eigenvalue weighted by Crippen LogP contribution is 2.42. The Kier molecular flexibility index (Phi) is 7.14. The average molecular weight is 353 g/mol. The minimum absolute atomic E-state index is 0.0730. The van der Waals surface area contributed by atoms with Gasteiger partial charge < -0.3 is 15.8 Å². The van der Waals surface area contributed by atoms with Crippen molar-refractivity contribution in [3.63, 3.8) is 0 Å². The Labute approximate surface area is 152 Å². The van der Waals surface area contributed by atoms with Crippen molar-refractivity contribution in [2.45, 2.75) is 96.6 Å². The van der Waals surface area contributed by atoms with E-state index in [4.69, 9.17) is 10.5 Å². The molecule has 0 aromatic carbocycles. The smallest absolute Gasteiger partial charge is 0.408 e. The molecule has 1 atom stereocenters. The van der Waals surface area contributed by atoms with E-state index in [-0.39, 0.29) is 5.92 Å². The lowest BCUT2D eigenvalue weighted by molar-refractivity contribution is -0.133. The van der Waals surface area contributed by atoms with Gasteiger partial charge in [-0.2, -0.15) is 0 Å². The van der Waals surface area contributed by atoms with Crippen molar-refractivity contribution in [1.29, 1.82) is 0 Å². The molecule has 5 heteroatoms. The molecule has 2 rings (SSSR count). The molecule has 0 aromatic rings. The quantitative estimate of drug-likeness (QED) is 0.780. The summed E-state index contributed by atoms with van der Waals surface area (Å²) in [5.74, 6) is 0.461. The number of amides is 2. The van der Waals surface area contributed by atoms with Gasteiger partial charge in [-0.05, 0) is 32.6 Å². The van der Waals surface area contributed by atoms with Crippen LogP contribution in [0.4, 0.5) is 4.79 Å². The van der Waals surface area contributed by atoms with Crippen LogP contribution in [0.25, 0.3) is 0 Å². The first kappa shape index (κ1) is 20.1. The van der Waals surface area contributed by atoms with Crippen LogP contribution < -0.4 is 11.1 Å². The van der Waals surface area contributed by atoms with Crippen molar-refractivity contribution >= 4 is 12.0 Å². The van der Waals surface area contributed by atoms with Gasteiger partial charge in [0.25, 0.3) is 5.91 Å². The van der Waals surface area contributed by atoms with Gasteiger partial charge in [0.05, 0.1) is 0 Å². The number of primary amides is 1.